The largest absolute Gasteiger partial charge is 0.356 e. The van der Waals surface area contributed by atoms with Crippen molar-refractivity contribution in [3.8, 4) is 6.07 Å². The zero-order chi connectivity index (χ0) is 14.6. The van der Waals surface area contributed by atoms with Crippen LogP contribution in [0, 0.1) is 37.3 Å². The second-order valence-corrected chi connectivity index (χ2v) is 5.68. The van der Waals surface area contributed by atoms with Crippen LogP contribution in [0.3, 0.4) is 0 Å². The number of hydrogen-bond donors (Lipinski definition) is 1. The summed E-state index contributed by atoms with van der Waals surface area (Å²) in [6.45, 7) is 3.87. The molecule has 115 valence electrons. The summed E-state index contributed by atoms with van der Waals surface area (Å²) in [5.74, 6) is -0.0848. The van der Waals surface area contributed by atoms with Crippen LogP contribution in [0.4, 0.5) is 0 Å². The molecule has 1 amide bonds. The molecule has 0 spiro atoms. The zero-order valence-corrected chi connectivity index (χ0v) is 18.9. The van der Waals surface area contributed by atoms with Gasteiger partial charge in [-0.1, -0.05) is 26.2 Å². The fraction of sp³-hybridized carbons (Fsp3) is 0.529. The maximum atomic E-state index is 12.2. The van der Waals surface area contributed by atoms with Gasteiger partial charge in [-0.05, 0) is 12.8 Å². The predicted molar refractivity (Wildman–Crippen MR) is 76.9 cm³/mol. The minimum absolute atomic E-state index is 0. The second-order valence-electron chi connectivity index (χ2n) is 5.68. The maximum absolute atomic E-state index is 12.2. The quantitative estimate of drug-likeness (QED) is 0.600. The summed E-state index contributed by atoms with van der Waals surface area (Å²) in [5.41, 5.74) is 2.16. The molecule has 0 aliphatic heterocycles. The van der Waals surface area contributed by atoms with Crippen molar-refractivity contribution in [2.45, 2.75) is 57.9 Å². The first-order valence-electron chi connectivity index (χ1n) is 7.17. The van der Waals surface area contributed by atoms with Crippen LogP contribution in [0.1, 0.15) is 48.8 Å². The van der Waals surface area contributed by atoms with Crippen molar-refractivity contribution in [2.75, 3.05) is 0 Å². The van der Waals surface area contributed by atoms with Gasteiger partial charge >= 0.3 is 0 Å². The minimum Gasteiger partial charge on any atom is -0.356 e. The molecule has 1 fully saturated rings. The van der Waals surface area contributed by atoms with Gasteiger partial charge in [0.15, 0.2) is 0 Å². The Bertz CT molecular complexity index is 548. The summed E-state index contributed by atoms with van der Waals surface area (Å²) in [6, 6.07) is 10.4. The van der Waals surface area contributed by atoms with Crippen molar-refractivity contribution in [3.63, 3.8) is 0 Å². The van der Waals surface area contributed by atoms with Crippen LogP contribution in [0.25, 0.3) is 0 Å². The Morgan fingerprint density at radius 3 is 2.59 bits per heavy atom. The Hall–Kier alpha value is -0.0278. The first-order chi connectivity index (χ1) is 9.54. The molecule has 1 radical (unpaired) electrons. The molecule has 1 aromatic carbocycles. The summed E-state index contributed by atoms with van der Waals surface area (Å²) >= 11 is 0. The van der Waals surface area contributed by atoms with Crippen molar-refractivity contribution < 1.29 is 58.6 Å². The van der Waals surface area contributed by atoms with Crippen LogP contribution in [-0.4, -0.2) is 11.4 Å². The van der Waals surface area contributed by atoms with Crippen molar-refractivity contribution in [3.05, 3.63) is 34.9 Å². The summed E-state index contributed by atoms with van der Waals surface area (Å²) < 4.78 is 0. The fourth-order valence-corrected chi connectivity index (χ4v) is 2.74. The molecular weight excluding hydrogens is 521 g/mol. The van der Waals surface area contributed by atoms with Crippen LogP contribution in [0.15, 0.2) is 6.07 Å². The number of hydrogen-bond acceptors (Lipinski definition) is 2. The van der Waals surface area contributed by atoms with E-state index in [9.17, 15) is 10.1 Å². The van der Waals surface area contributed by atoms with E-state index >= 15 is 0 Å². The normalized spacial score (nSPS) is 15.7. The minimum atomic E-state index is -0.654. The zero-order valence-electron chi connectivity index (χ0n) is 13.2. The predicted octanol–water partition coefficient (Wildman–Crippen LogP) is 2.78. The Labute approximate surface area is 172 Å². The molecule has 1 aromatic rings. The molecule has 0 heterocycles. The Morgan fingerprint density at radius 2 is 2.00 bits per heavy atom. The standard InChI is InChI=1S/C17H20N2O.W.Y/c1-13-6-7-14(2)15(10-13)11-16(20)19-17(12-18)8-4-3-5-9-17;;/h7H,3-5,8-9,11H2,1-2H3,(H,19,20);;/q-2;;. The maximum Gasteiger partial charge on any atom is 0.221 e. The van der Waals surface area contributed by atoms with E-state index in [0.717, 1.165) is 48.8 Å². The molecule has 3 nitrogen and oxygen atoms in total. The van der Waals surface area contributed by atoms with Crippen LogP contribution in [0.2, 0.25) is 0 Å². The molecule has 1 aliphatic rings. The van der Waals surface area contributed by atoms with E-state index in [1.54, 1.807) is 0 Å². The van der Waals surface area contributed by atoms with Gasteiger partial charge in [-0.25, -0.2) is 0 Å². The van der Waals surface area contributed by atoms with Gasteiger partial charge in [0.05, 0.1) is 6.07 Å². The van der Waals surface area contributed by atoms with Crippen molar-refractivity contribution in [2.24, 2.45) is 0 Å². The van der Waals surface area contributed by atoms with E-state index in [1.165, 1.54) is 0 Å². The number of benzene rings is 1. The van der Waals surface area contributed by atoms with Crippen LogP contribution >= 0.6 is 0 Å². The van der Waals surface area contributed by atoms with Crippen LogP contribution in [-0.2, 0) is 65.0 Å². The second kappa shape index (κ2) is 9.97. The third-order valence-electron chi connectivity index (χ3n) is 3.96. The average molecular weight is 541 g/mol. The van der Waals surface area contributed by atoms with Gasteiger partial charge in [0.25, 0.3) is 0 Å². The Balaban J connectivity index is 0.00000220. The van der Waals surface area contributed by atoms with Gasteiger partial charge in [-0.2, -0.15) is 5.26 Å². The summed E-state index contributed by atoms with van der Waals surface area (Å²) in [7, 11) is 0. The molecule has 22 heavy (non-hydrogen) atoms. The number of rotatable bonds is 3. The van der Waals surface area contributed by atoms with Crippen LogP contribution < -0.4 is 5.32 Å². The van der Waals surface area contributed by atoms with E-state index in [0.29, 0.717) is 0 Å². The van der Waals surface area contributed by atoms with E-state index < -0.39 is 5.54 Å². The number of aryl methyl sites for hydroxylation is 2. The molecule has 1 aliphatic carbocycles. The Kier molecular flexibility index (Phi) is 9.95. The number of nitrogens with zero attached hydrogens (tertiary/aromatic N) is 1. The van der Waals surface area contributed by atoms with Crippen molar-refractivity contribution >= 4 is 5.91 Å². The molecule has 2 rings (SSSR count). The van der Waals surface area contributed by atoms with Gasteiger partial charge < -0.3 is 17.4 Å². The summed E-state index contributed by atoms with van der Waals surface area (Å²) in [4.78, 5) is 12.2. The molecule has 0 unspecified atom stereocenters. The van der Waals surface area contributed by atoms with E-state index in [-0.39, 0.29) is 66.1 Å². The molecule has 1 saturated carbocycles. The van der Waals surface area contributed by atoms with Gasteiger partial charge in [-0.15, -0.1) is 6.92 Å². The van der Waals surface area contributed by atoms with E-state index in [4.69, 9.17) is 0 Å². The van der Waals surface area contributed by atoms with Gasteiger partial charge in [0.2, 0.25) is 5.91 Å². The topological polar surface area (TPSA) is 52.9 Å². The third-order valence-corrected chi connectivity index (χ3v) is 3.96. The first-order valence-corrected chi connectivity index (χ1v) is 7.17. The summed E-state index contributed by atoms with van der Waals surface area (Å²) in [5, 5.41) is 12.3. The van der Waals surface area contributed by atoms with E-state index in [1.807, 2.05) is 19.9 Å². The monoisotopic (exact) mass is 541 g/mol. The molecule has 0 bridgehead atoms. The first kappa shape index (κ1) is 22.0. The number of amides is 1. The molecule has 0 aromatic heterocycles. The molecule has 5 heteroatoms. The molecule has 0 saturated heterocycles. The number of carbonyl (C=O) groups excluding carboxylic acids is 1. The molecular formula is C17H20N2OWY-2. The molecule has 1 N–H and O–H groups in total. The van der Waals surface area contributed by atoms with Gasteiger partial charge in [-0.3, -0.25) is 27.6 Å². The van der Waals surface area contributed by atoms with Crippen molar-refractivity contribution in [1.82, 2.24) is 5.32 Å². The van der Waals surface area contributed by atoms with Gasteiger partial charge in [0.1, 0.15) is 5.54 Å². The SMILES string of the molecule is Cc1[c-]cc(C)c(CC(=O)NC2(C#N)CCCCC2)[c-]1.[W].[Y]. The number of nitriles is 1. The summed E-state index contributed by atoms with van der Waals surface area (Å²) in [6.07, 6.45) is 4.99. The number of nitrogens with one attached hydrogen (secondary N) is 1. The van der Waals surface area contributed by atoms with Crippen molar-refractivity contribution in [1.29, 1.82) is 5.26 Å². The number of carbonyl (C=O) groups is 1. The Morgan fingerprint density at radius 1 is 1.36 bits per heavy atom. The third kappa shape index (κ3) is 5.88. The van der Waals surface area contributed by atoms with Gasteiger partial charge in [0, 0.05) is 60.2 Å². The van der Waals surface area contributed by atoms with E-state index in [2.05, 4.69) is 23.5 Å². The smallest absolute Gasteiger partial charge is 0.221 e. The molecule has 0 atom stereocenters. The van der Waals surface area contributed by atoms with Crippen LogP contribution in [0.5, 0.6) is 0 Å². The average Bonchev–Trinajstić information content (AvgIpc) is 2.44. The fourth-order valence-electron chi connectivity index (χ4n) is 2.74.